The van der Waals surface area contributed by atoms with Crippen molar-refractivity contribution in [1.29, 1.82) is 0 Å². The SMILES string of the molecule is C=CCC1(c2ccc(Cl)cc2)NC(=O)c2ccccc21. The number of carbonyl (C=O) groups excluding carboxylic acids is 1. The molecule has 2 aromatic rings. The molecule has 0 saturated heterocycles. The summed E-state index contributed by atoms with van der Waals surface area (Å²) in [7, 11) is 0. The molecule has 0 saturated carbocycles. The normalized spacial score (nSPS) is 20.4. The zero-order valence-corrected chi connectivity index (χ0v) is 11.7. The van der Waals surface area contributed by atoms with E-state index in [1.807, 2.05) is 54.6 Å². The number of rotatable bonds is 3. The van der Waals surface area contributed by atoms with E-state index >= 15 is 0 Å². The monoisotopic (exact) mass is 283 g/mol. The molecular weight excluding hydrogens is 270 g/mol. The summed E-state index contributed by atoms with van der Waals surface area (Å²) in [5.41, 5.74) is 2.19. The van der Waals surface area contributed by atoms with Crippen LogP contribution in [-0.4, -0.2) is 5.91 Å². The highest BCUT2D eigenvalue weighted by atomic mass is 35.5. The van der Waals surface area contributed by atoms with Crippen molar-refractivity contribution in [2.75, 3.05) is 0 Å². The van der Waals surface area contributed by atoms with Gasteiger partial charge in [-0.15, -0.1) is 6.58 Å². The Balaban J connectivity index is 2.22. The Morgan fingerprint density at radius 1 is 1.15 bits per heavy atom. The highest BCUT2D eigenvalue weighted by Crippen LogP contribution is 2.40. The van der Waals surface area contributed by atoms with Gasteiger partial charge in [0.15, 0.2) is 0 Å². The Morgan fingerprint density at radius 3 is 2.55 bits per heavy atom. The zero-order chi connectivity index (χ0) is 14.2. The first kappa shape index (κ1) is 12.9. The standard InChI is InChI=1S/C17H14ClNO/c1-2-11-17(12-7-9-13(18)10-8-12)15-6-4-3-5-14(15)16(20)19-17/h2-10H,1,11H2,(H,19,20). The third-order valence-electron chi connectivity index (χ3n) is 3.75. The lowest BCUT2D eigenvalue weighted by molar-refractivity contribution is 0.0941. The smallest absolute Gasteiger partial charge is 0.252 e. The summed E-state index contributed by atoms with van der Waals surface area (Å²) in [6, 6.07) is 15.3. The average Bonchev–Trinajstić information content (AvgIpc) is 2.75. The Bertz CT molecular complexity index is 678. The third kappa shape index (κ3) is 1.84. The van der Waals surface area contributed by atoms with Gasteiger partial charge in [0.25, 0.3) is 5.91 Å². The molecule has 1 amide bonds. The van der Waals surface area contributed by atoms with Crippen LogP contribution in [-0.2, 0) is 5.54 Å². The third-order valence-corrected chi connectivity index (χ3v) is 4.00. The topological polar surface area (TPSA) is 29.1 Å². The zero-order valence-electron chi connectivity index (χ0n) is 10.9. The molecule has 1 heterocycles. The Labute approximate surface area is 123 Å². The van der Waals surface area contributed by atoms with E-state index in [4.69, 9.17) is 11.6 Å². The molecule has 2 aromatic carbocycles. The van der Waals surface area contributed by atoms with E-state index in [0.717, 1.165) is 16.7 Å². The number of nitrogens with one attached hydrogen (secondary N) is 1. The average molecular weight is 284 g/mol. The van der Waals surface area contributed by atoms with Crippen molar-refractivity contribution in [3.63, 3.8) is 0 Å². The summed E-state index contributed by atoms with van der Waals surface area (Å²) in [5.74, 6) is -0.0441. The Kier molecular flexibility index (Phi) is 3.11. The Hall–Kier alpha value is -2.06. The van der Waals surface area contributed by atoms with Crippen molar-refractivity contribution in [3.05, 3.63) is 82.9 Å². The second-order valence-electron chi connectivity index (χ2n) is 4.90. The molecule has 0 fully saturated rings. The number of hydrogen-bond donors (Lipinski definition) is 1. The summed E-state index contributed by atoms with van der Waals surface area (Å²) in [6.07, 6.45) is 2.47. The number of amides is 1. The molecule has 0 bridgehead atoms. The van der Waals surface area contributed by atoms with Crippen LogP contribution in [0.4, 0.5) is 0 Å². The maximum Gasteiger partial charge on any atom is 0.252 e. The minimum absolute atomic E-state index is 0.0441. The van der Waals surface area contributed by atoms with Crippen LogP contribution in [0.15, 0.2) is 61.2 Å². The number of benzene rings is 2. The quantitative estimate of drug-likeness (QED) is 0.851. The van der Waals surface area contributed by atoms with Crippen molar-refractivity contribution in [3.8, 4) is 0 Å². The van der Waals surface area contributed by atoms with Crippen LogP contribution < -0.4 is 5.32 Å². The second kappa shape index (κ2) is 4.80. The van der Waals surface area contributed by atoms with Crippen molar-refractivity contribution in [2.24, 2.45) is 0 Å². The lowest BCUT2D eigenvalue weighted by Gasteiger charge is -2.30. The maximum absolute atomic E-state index is 12.2. The number of fused-ring (bicyclic) bond motifs is 1. The molecule has 1 N–H and O–H groups in total. The molecule has 1 aliphatic rings. The molecule has 0 aromatic heterocycles. The largest absolute Gasteiger partial charge is 0.338 e. The molecule has 100 valence electrons. The van der Waals surface area contributed by atoms with Crippen LogP contribution in [0.1, 0.15) is 27.9 Å². The van der Waals surface area contributed by atoms with Crippen LogP contribution in [0.25, 0.3) is 0 Å². The minimum Gasteiger partial charge on any atom is -0.338 e. The van der Waals surface area contributed by atoms with Gasteiger partial charge >= 0.3 is 0 Å². The molecule has 2 nitrogen and oxygen atoms in total. The summed E-state index contributed by atoms with van der Waals surface area (Å²) in [4.78, 5) is 12.2. The summed E-state index contributed by atoms with van der Waals surface area (Å²) >= 11 is 5.96. The van der Waals surface area contributed by atoms with E-state index in [1.54, 1.807) is 0 Å². The summed E-state index contributed by atoms with van der Waals surface area (Å²) in [6.45, 7) is 3.83. The molecular formula is C17H14ClNO. The van der Waals surface area contributed by atoms with E-state index in [2.05, 4.69) is 11.9 Å². The van der Waals surface area contributed by atoms with Crippen LogP contribution >= 0.6 is 11.6 Å². The highest BCUT2D eigenvalue weighted by molar-refractivity contribution is 6.30. The second-order valence-corrected chi connectivity index (χ2v) is 5.34. The van der Waals surface area contributed by atoms with Gasteiger partial charge in [-0.05, 0) is 35.7 Å². The molecule has 0 spiro atoms. The molecule has 0 aliphatic carbocycles. The van der Waals surface area contributed by atoms with Gasteiger partial charge in [-0.3, -0.25) is 4.79 Å². The van der Waals surface area contributed by atoms with E-state index < -0.39 is 5.54 Å². The first-order valence-electron chi connectivity index (χ1n) is 6.46. The maximum atomic E-state index is 12.2. The van der Waals surface area contributed by atoms with Crippen LogP contribution in [0.2, 0.25) is 5.02 Å². The molecule has 3 rings (SSSR count). The number of halogens is 1. The van der Waals surface area contributed by atoms with Gasteiger partial charge in [0.05, 0.1) is 5.54 Å². The van der Waals surface area contributed by atoms with Crippen molar-refractivity contribution in [1.82, 2.24) is 5.32 Å². The van der Waals surface area contributed by atoms with Gasteiger partial charge in [-0.1, -0.05) is 48.0 Å². The predicted molar refractivity (Wildman–Crippen MR) is 81.0 cm³/mol. The highest BCUT2D eigenvalue weighted by Gasteiger charge is 2.42. The predicted octanol–water partition coefficient (Wildman–Crippen LogP) is 3.90. The van der Waals surface area contributed by atoms with Crippen LogP contribution in [0, 0.1) is 0 Å². The first-order valence-corrected chi connectivity index (χ1v) is 6.84. The fourth-order valence-electron chi connectivity index (χ4n) is 2.84. The molecule has 1 aliphatic heterocycles. The first-order chi connectivity index (χ1) is 9.67. The van der Waals surface area contributed by atoms with Gasteiger partial charge in [-0.25, -0.2) is 0 Å². The lowest BCUT2D eigenvalue weighted by Crippen LogP contribution is -2.40. The minimum atomic E-state index is -0.542. The number of hydrogen-bond acceptors (Lipinski definition) is 1. The lowest BCUT2D eigenvalue weighted by atomic mass is 9.81. The summed E-state index contributed by atoms with van der Waals surface area (Å²) in [5, 5.41) is 3.80. The number of carbonyl (C=O) groups is 1. The van der Waals surface area contributed by atoms with E-state index in [1.165, 1.54) is 0 Å². The fraction of sp³-hybridized carbons (Fsp3) is 0.118. The van der Waals surface area contributed by atoms with E-state index in [9.17, 15) is 4.79 Å². The van der Waals surface area contributed by atoms with Crippen LogP contribution in [0.3, 0.4) is 0 Å². The molecule has 1 unspecified atom stereocenters. The molecule has 20 heavy (non-hydrogen) atoms. The van der Waals surface area contributed by atoms with E-state index in [0.29, 0.717) is 11.4 Å². The van der Waals surface area contributed by atoms with Gasteiger partial charge < -0.3 is 5.32 Å². The molecule has 0 radical (unpaired) electrons. The van der Waals surface area contributed by atoms with E-state index in [-0.39, 0.29) is 5.91 Å². The molecule has 1 atom stereocenters. The Morgan fingerprint density at radius 2 is 1.85 bits per heavy atom. The van der Waals surface area contributed by atoms with Gasteiger partial charge in [0.2, 0.25) is 0 Å². The van der Waals surface area contributed by atoms with Crippen LogP contribution in [0.5, 0.6) is 0 Å². The fourth-order valence-corrected chi connectivity index (χ4v) is 2.97. The van der Waals surface area contributed by atoms with Crippen molar-refractivity contribution < 1.29 is 4.79 Å². The summed E-state index contributed by atoms with van der Waals surface area (Å²) < 4.78 is 0. The van der Waals surface area contributed by atoms with Gasteiger partial charge in [0.1, 0.15) is 0 Å². The van der Waals surface area contributed by atoms with Gasteiger partial charge in [-0.2, -0.15) is 0 Å². The van der Waals surface area contributed by atoms with Gasteiger partial charge in [0, 0.05) is 10.6 Å². The van der Waals surface area contributed by atoms with Crippen molar-refractivity contribution >= 4 is 17.5 Å². The van der Waals surface area contributed by atoms with Crippen molar-refractivity contribution in [2.45, 2.75) is 12.0 Å². The molecule has 3 heteroatoms.